The zero-order chi connectivity index (χ0) is 39.7. The molecular formula is C36H26N5Na3O12S2. The van der Waals surface area contributed by atoms with E-state index in [4.69, 9.17) is 9.47 Å². The van der Waals surface area contributed by atoms with E-state index in [1.165, 1.54) is 62.8 Å². The van der Waals surface area contributed by atoms with Gasteiger partial charge in [-0.2, -0.15) is 21.9 Å². The molecule has 0 amide bonds. The number of carbonyl (C=O) groups excluding carboxylic acids is 1. The van der Waals surface area contributed by atoms with Crippen molar-refractivity contribution in [2.75, 3.05) is 26.1 Å². The Bertz CT molecular complexity index is 2830. The quantitative estimate of drug-likeness (QED) is 0.0609. The number of nitrogens with zero attached hydrogens (tertiary/aromatic N) is 4. The molecule has 0 fully saturated rings. The number of fused-ring (bicyclic) bond motifs is 2. The van der Waals surface area contributed by atoms with Gasteiger partial charge in [0.05, 0.1) is 43.0 Å². The fourth-order valence-corrected chi connectivity index (χ4v) is 6.71. The first-order valence-electron chi connectivity index (χ1n) is 15.7. The smallest absolute Gasteiger partial charge is 0.871 e. The van der Waals surface area contributed by atoms with Gasteiger partial charge < -0.3 is 34.9 Å². The van der Waals surface area contributed by atoms with Crippen LogP contribution in [0.15, 0.2) is 121 Å². The van der Waals surface area contributed by atoms with Crippen molar-refractivity contribution in [2.24, 2.45) is 20.5 Å². The number of ether oxygens (including phenoxy) is 2. The van der Waals surface area contributed by atoms with Crippen LogP contribution < -0.4 is 119 Å². The van der Waals surface area contributed by atoms with Crippen molar-refractivity contribution in [3.63, 3.8) is 0 Å². The van der Waals surface area contributed by atoms with Crippen LogP contribution in [0.4, 0.5) is 28.4 Å². The largest absolute Gasteiger partial charge is 1.00 e. The summed E-state index contributed by atoms with van der Waals surface area (Å²) in [6.45, 7) is -0.538. The number of anilines is 1. The molecule has 6 aromatic rings. The third-order valence-electron chi connectivity index (χ3n) is 8.18. The number of hydrogen-bond acceptors (Lipinski definition) is 15. The topological polar surface area (TPSA) is 275 Å². The second kappa shape index (κ2) is 20.1. The van der Waals surface area contributed by atoms with Gasteiger partial charge in [0, 0.05) is 11.1 Å². The third kappa shape index (κ3) is 10.9. The average molecular weight is 854 g/mol. The molecule has 0 aromatic heterocycles. The summed E-state index contributed by atoms with van der Waals surface area (Å²) >= 11 is 0. The maximum absolute atomic E-state index is 13.4. The van der Waals surface area contributed by atoms with Gasteiger partial charge >= 0.3 is 88.7 Å². The molecule has 0 aliphatic heterocycles. The Morgan fingerprint density at radius 3 is 1.76 bits per heavy atom. The van der Waals surface area contributed by atoms with Crippen LogP contribution in [0, 0.1) is 0 Å². The summed E-state index contributed by atoms with van der Waals surface area (Å²) in [5.41, 5.74) is 1.09. The van der Waals surface area contributed by atoms with Gasteiger partial charge in [-0.3, -0.25) is 9.11 Å². The van der Waals surface area contributed by atoms with Gasteiger partial charge in [0.15, 0.2) is 0 Å². The number of aliphatic carboxylic acids is 1. The molecule has 282 valence electrons. The number of carboxylic acids is 1. The Hall–Kier alpha value is -3.67. The van der Waals surface area contributed by atoms with E-state index in [2.05, 4.69) is 25.8 Å². The van der Waals surface area contributed by atoms with Crippen molar-refractivity contribution in [3.05, 3.63) is 91.0 Å². The number of benzene rings is 6. The minimum Gasteiger partial charge on any atom is -0.871 e. The molecule has 3 N–H and O–H groups in total. The molecular weight excluding hydrogens is 828 g/mol. The summed E-state index contributed by atoms with van der Waals surface area (Å²) < 4.78 is 78.1. The summed E-state index contributed by atoms with van der Waals surface area (Å²) in [6.07, 6.45) is 0. The second-order valence-corrected chi connectivity index (χ2v) is 14.4. The van der Waals surface area contributed by atoms with Crippen molar-refractivity contribution >= 4 is 76.2 Å². The van der Waals surface area contributed by atoms with Crippen LogP contribution in [0.5, 0.6) is 23.0 Å². The summed E-state index contributed by atoms with van der Waals surface area (Å²) in [5.74, 6) is -2.29. The number of azo groups is 2. The number of rotatable bonds is 12. The van der Waals surface area contributed by atoms with Crippen LogP contribution in [0.3, 0.4) is 0 Å². The maximum Gasteiger partial charge on any atom is 1.00 e. The first kappa shape index (κ1) is 48.7. The number of methoxy groups -OCH3 is 2. The molecule has 0 aliphatic rings. The van der Waals surface area contributed by atoms with Crippen molar-refractivity contribution in [1.29, 1.82) is 0 Å². The summed E-state index contributed by atoms with van der Waals surface area (Å²) in [7, 11) is -6.69. The van der Waals surface area contributed by atoms with E-state index in [-0.39, 0.29) is 139 Å². The Morgan fingerprint density at radius 1 is 0.655 bits per heavy atom. The zero-order valence-corrected chi connectivity index (χ0v) is 39.1. The van der Waals surface area contributed by atoms with Gasteiger partial charge in [0.2, 0.25) is 0 Å². The summed E-state index contributed by atoms with van der Waals surface area (Å²) in [6, 6.07) is 21.0. The number of nitrogens with one attached hydrogen (secondary N) is 1. The molecule has 0 aliphatic carbocycles. The first-order valence-corrected chi connectivity index (χ1v) is 18.6. The van der Waals surface area contributed by atoms with Crippen LogP contribution in [0.2, 0.25) is 0 Å². The van der Waals surface area contributed by atoms with Gasteiger partial charge in [0.25, 0.3) is 20.2 Å². The van der Waals surface area contributed by atoms with Crippen LogP contribution in [-0.2, 0) is 25.0 Å². The molecule has 0 saturated carbocycles. The van der Waals surface area contributed by atoms with E-state index in [0.717, 1.165) is 12.1 Å². The second-order valence-electron chi connectivity index (χ2n) is 11.6. The number of carboxylic acid groups (broad SMARTS) is 1. The fourth-order valence-electron chi connectivity index (χ4n) is 5.54. The molecule has 0 heterocycles. The maximum atomic E-state index is 13.4. The SMILES string of the molecule is COc1cc(-c2ccc(N=Nc3c([O-])ccc4cc(S(=O)(=O)O)ccc34)c(OC)c2)ccc1N=Nc1c(S(=O)(=O)O)cc2cc(NCC(=O)[O-])ccc2c1[O-].[Na+].[Na+].[Na+]. The molecule has 17 nitrogen and oxygen atoms in total. The molecule has 22 heteroatoms. The molecule has 0 radical (unpaired) electrons. The van der Waals surface area contributed by atoms with Crippen LogP contribution in [-0.4, -0.2) is 52.7 Å². The molecule has 58 heavy (non-hydrogen) atoms. The molecule has 6 rings (SSSR count). The molecule has 0 bridgehead atoms. The Kier molecular flexibility index (Phi) is 16.8. The van der Waals surface area contributed by atoms with E-state index >= 15 is 0 Å². The normalized spacial score (nSPS) is 11.5. The molecule has 0 spiro atoms. The molecule has 0 unspecified atom stereocenters. The van der Waals surface area contributed by atoms with Gasteiger partial charge in [0.1, 0.15) is 27.8 Å². The predicted octanol–water partition coefficient (Wildman–Crippen LogP) is -3.68. The first-order chi connectivity index (χ1) is 26.1. The van der Waals surface area contributed by atoms with Gasteiger partial charge in [-0.15, -0.1) is 15.3 Å². The van der Waals surface area contributed by atoms with Crippen LogP contribution in [0.25, 0.3) is 32.7 Å². The Balaban J connectivity index is 0.00000300. The van der Waals surface area contributed by atoms with E-state index < -0.39 is 54.8 Å². The summed E-state index contributed by atoms with van der Waals surface area (Å²) in [5, 5.41) is 56.5. The van der Waals surface area contributed by atoms with Gasteiger partial charge in [-0.1, -0.05) is 47.9 Å². The van der Waals surface area contributed by atoms with Gasteiger partial charge in [-0.05, 0) is 81.9 Å². The number of hydrogen-bond donors (Lipinski definition) is 3. The van der Waals surface area contributed by atoms with Crippen molar-refractivity contribution in [3.8, 4) is 34.1 Å². The minimum absolute atomic E-state index is 0. The van der Waals surface area contributed by atoms with E-state index in [1.807, 2.05) is 0 Å². The monoisotopic (exact) mass is 853 g/mol. The number of carbonyl (C=O) groups is 1. The standard InChI is InChI=1S/C36H29N5O12S2.3Na/c1-52-30-15-19(3-10-27(30)38-40-34-25-9-7-24(54(46,47)48)14-21(25)5-12-29(34)42)20-4-11-28(31(16-20)53-2)39-41-35-32(55(49,50)51)17-22-13-23(37-18-33(43)44)6-8-26(22)36(35)45;;;/h3-17,37,42,45H,18H2,1-2H3,(H,43,44)(H,46,47,48)(H,49,50,51);;;/q;3*+1/p-3. The van der Waals surface area contributed by atoms with Crippen molar-refractivity contribution in [1.82, 2.24) is 0 Å². The predicted molar refractivity (Wildman–Crippen MR) is 193 cm³/mol. The van der Waals surface area contributed by atoms with E-state index in [1.54, 1.807) is 30.3 Å². The van der Waals surface area contributed by atoms with Crippen molar-refractivity contribution in [2.45, 2.75) is 9.79 Å². The van der Waals surface area contributed by atoms with E-state index in [9.17, 15) is 46.1 Å². The van der Waals surface area contributed by atoms with Crippen molar-refractivity contribution < 1.29 is 144 Å². The van der Waals surface area contributed by atoms with Crippen LogP contribution in [0.1, 0.15) is 0 Å². The zero-order valence-electron chi connectivity index (χ0n) is 31.4. The minimum atomic E-state index is -4.98. The van der Waals surface area contributed by atoms with E-state index in [0.29, 0.717) is 21.9 Å². The van der Waals surface area contributed by atoms with Crippen LogP contribution >= 0.6 is 0 Å². The average Bonchev–Trinajstić information content (AvgIpc) is 3.15. The molecule has 0 saturated heterocycles. The fraction of sp³-hybridized carbons (Fsp3) is 0.0833. The third-order valence-corrected chi connectivity index (χ3v) is 9.89. The molecule has 6 aromatic carbocycles. The summed E-state index contributed by atoms with van der Waals surface area (Å²) in [4.78, 5) is 9.65. The van der Waals surface area contributed by atoms with Gasteiger partial charge in [-0.25, -0.2) is 0 Å². The molecule has 0 atom stereocenters. The Morgan fingerprint density at radius 2 is 1.22 bits per heavy atom. The Labute approximate surface area is 397 Å².